The predicted molar refractivity (Wildman–Crippen MR) is 117 cm³/mol. The third-order valence-electron chi connectivity index (χ3n) is 5.64. The summed E-state index contributed by atoms with van der Waals surface area (Å²) in [5.41, 5.74) is -1.44. The monoisotopic (exact) mass is 470 g/mol. The van der Waals surface area contributed by atoms with Crippen LogP contribution in [0.1, 0.15) is 6.42 Å². The average molecular weight is 471 g/mol. The topological polar surface area (TPSA) is 125 Å². The van der Waals surface area contributed by atoms with E-state index >= 15 is 0 Å². The van der Waals surface area contributed by atoms with Gasteiger partial charge >= 0.3 is 0 Å². The number of hydrogen-bond donors (Lipinski definition) is 3. The van der Waals surface area contributed by atoms with Gasteiger partial charge in [0.05, 0.1) is 31.3 Å². The number of aliphatic hydroxyl groups excluding tert-OH is 3. The Balaban J connectivity index is 2.35. The molecule has 0 bridgehead atoms. The maximum Gasteiger partial charge on any atom is 0.157 e. The van der Waals surface area contributed by atoms with E-state index in [1.165, 1.54) is 31.3 Å². The first kappa shape index (κ1) is 26.7. The van der Waals surface area contributed by atoms with Gasteiger partial charge < -0.3 is 48.5 Å². The fourth-order valence-electron chi connectivity index (χ4n) is 4.16. The van der Waals surface area contributed by atoms with Gasteiger partial charge in [-0.1, -0.05) is 32.9 Å². The normalized spacial score (nSPS) is 37.9. The molecule has 33 heavy (non-hydrogen) atoms. The zero-order valence-electron chi connectivity index (χ0n) is 18.6. The summed E-state index contributed by atoms with van der Waals surface area (Å²) >= 11 is 0. The molecule has 2 aliphatic rings. The lowest BCUT2D eigenvalue weighted by Gasteiger charge is -2.45. The van der Waals surface area contributed by atoms with Crippen molar-refractivity contribution in [1.29, 1.82) is 0 Å². The van der Waals surface area contributed by atoms with E-state index in [0.717, 1.165) is 0 Å². The number of rotatable bonds is 15. The van der Waals surface area contributed by atoms with Crippen molar-refractivity contribution in [2.24, 2.45) is 0 Å². The van der Waals surface area contributed by atoms with E-state index in [9.17, 15) is 15.3 Å². The van der Waals surface area contributed by atoms with Crippen LogP contribution in [0.25, 0.3) is 0 Å². The molecule has 0 amide bonds. The van der Waals surface area contributed by atoms with Crippen LogP contribution in [-0.2, 0) is 33.2 Å². The summed E-state index contributed by atoms with van der Waals surface area (Å²) in [6, 6.07) is 0. The maximum atomic E-state index is 11.0. The second-order valence-electron chi connectivity index (χ2n) is 7.58. The van der Waals surface area contributed by atoms with E-state index in [1.54, 1.807) is 0 Å². The van der Waals surface area contributed by atoms with Crippen molar-refractivity contribution < 1.29 is 48.5 Å². The largest absolute Gasteiger partial charge is 0.499 e. The minimum Gasteiger partial charge on any atom is -0.499 e. The molecule has 2 saturated heterocycles. The molecule has 10 heteroatoms. The molecule has 0 aliphatic carbocycles. The molecule has 0 aromatic heterocycles. The molecule has 9 unspecified atom stereocenters. The van der Waals surface area contributed by atoms with Gasteiger partial charge in [-0.05, 0) is 0 Å². The van der Waals surface area contributed by atoms with Crippen molar-refractivity contribution in [3.05, 3.63) is 64.2 Å². The standard InChI is InChI=1S/C23H34O10/c1-6-27-12-16-18(24)22(26)23(33-16,14-29-8-3)11-15-20(30-9-4)19(25)21(31-10-5)17(32-15)13-28-7-2/h6-10,15-22,24-26H,1-5,11-14H2. The van der Waals surface area contributed by atoms with Gasteiger partial charge in [0, 0.05) is 6.42 Å². The zero-order chi connectivity index (χ0) is 24.4. The van der Waals surface area contributed by atoms with Crippen LogP contribution in [-0.4, -0.2) is 89.6 Å². The summed E-state index contributed by atoms with van der Waals surface area (Å²) in [4.78, 5) is 0. The van der Waals surface area contributed by atoms with Gasteiger partial charge in [-0.3, -0.25) is 0 Å². The number of hydrogen-bond acceptors (Lipinski definition) is 10. The van der Waals surface area contributed by atoms with Crippen molar-refractivity contribution >= 4 is 0 Å². The molecule has 2 rings (SSSR count). The van der Waals surface area contributed by atoms with Crippen LogP contribution in [0.3, 0.4) is 0 Å². The van der Waals surface area contributed by atoms with E-state index in [1.807, 2.05) is 0 Å². The van der Waals surface area contributed by atoms with E-state index in [4.69, 9.17) is 33.2 Å². The van der Waals surface area contributed by atoms with Gasteiger partial charge in [0.1, 0.15) is 62.0 Å². The van der Waals surface area contributed by atoms with Gasteiger partial charge in [0.25, 0.3) is 0 Å². The summed E-state index contributed by atoms with van der Waals surface area (Å²) in [5, 5.41) is 32.5. The molecule has 2 fully saturated rings. The molecule has 0 saturated carbocycles. The van der Waals surface area contributed by atoms with Crippen molar-refractivity contribution in [3.63, 3.8) is 0 Å². The summed E-state index contributed by atoms with van der Waals surface area (Å²) in [5.74, 6) is 0. The smallest absolute Gasteiger partial charge is 0.157 e. The fraction of sp³-hybridized carbons (Fsp3) is 0.565. The maximum absolute atomic E-state index is 11.0. The third kappa shape index (κ3) is 6.10. The summed E-state index contributed by atoms with van der Waals surface area (Å²) < 4.78 is 39.0. The minimum atomic E-state index is -1.44. The van der Waals surface area contributed by atoms with E-state index in [-0.39, 0.29) is 26.2 Å². The Morgan fingerprint density at radius 1 is 0.697 bits per heavy atom. The molecular weight excluding hydrogens is 436 g/mol. The first-order valence-corrected chi connectivity index (χ1v) is 10.5. The Morgan fingerprint density at radius 3 is 1.79 bits per heavy atom. The quantitative estimate of drug-likeness (QED) is 0.297. The van der Waals surface area contributed by atoms with Crippen LogP contribution in [0.5, 0.6) is 0 Å². The molecule has 9 atom stereocenters. The first-order chi connectivity index (χ1) is 15.9. The van der Waals surface area contributed by atoms with Gasteiger partial charge in [0.15, 0.2) is 12.2 Å². The Morgan fingerprint density at radius 2 is 1.24 bits per heavy atom. The molecule has 3 N–H and O–H groups in total. The van der Waals surface area contributed by atoms with Gasteiger partial charge in [0.2, 0.25) is 0 Å². The highest BCUT2D eigenvalue weighted by Gasteiger charge is 2.58. The van der Waals surface area contributed by atoms with Crippen LogP contribution in [0.2, 0.25) is 0 Å². The molecule has 2 aliphatic heterocycles. The Labute approximate surface area is 193 Å². The van der Waals surface area contributed by atoms with Crippen LogP contribution < -0.4 is 0 Å². The highest BCUT2D eigenvalue weighted by atomic mass is 16.6. The van der Waals surface area contributed by atoms with E-state index < -0.39 is 54.4 Å². The van der Waals surface area contributed by atoms with Gasteiger partial charge in [-0.25, -0.2) is 0 Å². The predicted octanol–water partition coefficient (Wildman–Crippen LogP) is 0.902. The number of ether oxygens (including phenoxy) is 7. The second-order valence-corrected chi connectivity index (χ2v) is 7.58. The van der Waals surface area contributed by atoms with Crippen LogP contribution in [0.15, 0.2) is 64.2 Å². The average Bonchev–Trinajstić information content (AvgIpc) is 3.04. The summed E-state index contributed by atoms with van der Waals surface area (Å²) in [7, 11) is 0. The van der Waals surface area contributed by atoms with Crippen molar-refractivity contribution in [2.45, 2.75) is 60.9 Å². The third-order valence-corrected chi connectivity index (χ3v) is 5.64. The second kappa shape index (κ2) is 12.7. The van der Waals surface area contributed by atoms with Gasteiger partial charge in [-0.15, -0.1) is 0 Å². The summed E-state index contributed by atoms with van der Waals surface area (Å²) in [6.45, 7) is 17.4. The molecular formula is C23H34O10. The Kier molecular flexibility index (Phi) is 10.3. The van der Waals surface area contributed by atoms with E-state index in [0.29, 0.717) is 0 Å². The molecule has 0 radical (unpaired) electrons. The molecule has 0 spiro atoms. The lowest BCUT2D eigenvalue weighted by molar-refractivity contribution is -0.249. The Bertz CT molecular complexity index is 668. The van der Waals surface area contributed by atoms with E-state index in [2.05, 4.69) is 32.9 Å². The molecule has 2 heterocycles. The highest BCUT2D eigenvalue weighted by Crippen LogP contribution is 2.40. The van der Waals surface area contributed by atoms with Crippen LogP contribution >= 0.6 is 0 Å². The van der Waals surface area contributed by atoms with Crippen LogP contribution in [0, 0.1) is 0 Å². The van der Waals surface area contributed by atoms with Crippen molar-refractivity contribution in [3.8, 4) is 0 Å². The molecule has 186 valence electrons. The lowest BCUT2D eigenvalue weighted by Crippen LogP contribution is -2.62. The lowest BCUT2D eigenvalue weighted by atomic mass is 9.84. The van der Waals surface area contributed by atoms with Crippen molar-refractivity contribution in [1.82, 2.24) is 0 Å². The summed E-state index contributed by atoms with van der Waals surface area (Å²) in [6.07, 6.45) is -2.14. The number of aliphatic hydroxyl groups is 3. The van der Waals surface area contributed by atoms with Gasteiger partial charge in [-0.2, -0.15) is 0 Å². The molecule has 10 nitrogen and oxygen atoms in total. The molecule has 0 aromatic carbocycles. The van der Waals surface area contributed by atoms with Crippen molar-refractivity contribution in [2.75, 3.05) is 19.8 Å². The highest BCUT2D eigenvalue weighted by molar-refractivity contribution is 5.07. The Hall–Kier alpha value is -2.50. The fourth-order valence-corrected chi connectivity index (χ4v) is 4.16. The zero-order valence-corrected chi connectivity index (χ0v) is 18.6. The first-order valence-electron chi connectivity index (χ1n) is 10.5. The minimum absolute atomic E-state index is 0.0222. The van der Waals surface area contributed by atoms with Crippen LogP contribution in [0.4, 0.5) is 0 Å². The SMILES string of the molecule is C=COCC1OC(COC=C)(CC2OC(COC=C)C(OC=C)C(O)C2OC=C)C(O)C1O. The molecule has 0 aromatic rings.